The van der Waals surface area contributed by atoms with Crippen LogP contribution in [0.2, 0.25) is 0 Å². The molecular formula is C16H35N3O2. The second kappa shape index (κ2) is 11.0. The van der Waals surface area contributed by atoms with Gasteiger partial charge in [-0.15, -0.1) is 0 Å². The summed E-state index contributed by atoms with van der Waals surface area (Å²) in [6.07, 6.45) is 2.84. The molecule has 0 aromatic heterocycles. The van der Waals surface area contributed by atoms with Crippen molar-refractivity contribution in [2.75, 3.05) is 32.8 Å². The lowest BCUT2D eigenvalue weighted by Crippen LogP contribution is -2.55. The Kier molecular flexibility index (Phi) is 10.6. The van der Waals surface area contributed by atoms with Gasteiger partial charge in [0.25, 0.3) is 0 Å². The zero-order valence-electron chi connectivity index (χ0n) is 14.6. The fourth-order valence-corrected chi connectivity index (χ4v) is 2.48. The third-order valence-corrected chi connectivity index (χ3v) is 3.76. The summed E-state index contributed by atoms with van der Waals surface area (Å²) >= 11 is 0. The number of primary amides is 1. The molecule has 0 bridgehead atoms. The standard InChI is InChI=1S/C16H35N3O2/c1-6-19(12-13-21-7-2)11-9-8-10-16(5,15(17)20)18-14(3)4/h14,18H,6-13H2,1-5H3,(H2,17,20). The van der Waals surface area contributed by atoms with Crippen LogP contribution in [0.5, 0.6) is 0 Å². The summed E-state index contributed by atoms with van der Waals surface area (Å²) in [5, 5.41) is 3.29. The molecule has 1 amide bonds. The minimum absolute atomic E-state index is 0.251. The third-order valence-electron chi connectivity index (χ3n) is 3.76. The Morgan fingerprint density at radius 2 is 1.95 bits per heavy atom. The Morgan fingerprint density at radius 1 is 1.29 bits per heavy atom. The third kappa shape index (κ3) is 9.06. The quantitative estimate of drug-likeness (QED) is 0.509. The monoisotopic (exact) mass is 301 g/mol. The van der Waals surface area contributed by atoms with Crippen LogP contribution in [-0.4, -0.2) is 55.2 Å². The van der Waals surface area contributed by atoms with Gasteiger partial charge < -0.3 is 20.7 Å². The van der Waals surface area contributed by atoms with Crippen molar-refractivity contribution in [2.24, 2.45) is 5.73 Å². The molecule has 0 aromatic carbocycles. The fraction of sp³-hybridized carbons (Fsp3) is 0.938. The lowest BCUT2D eigenvalue weighted by Gasteiger charge is -2.30. The first-order valence-electron chi connectivity index (χ1n) is 8.23. The lowest BCUT2D eigenvalue weighted by atomic mass is 9.93. The first-order valence-corrected chi connectivity index (χ1v) is 8.23. The van der Waals surface area contributed by atoms with E-state index in [1.807, 2.05) is 27.7 Å². The van der Waals surface area contributed by atoms with E-state index in [1.54, 1.807) is 0 Å². The predicted molar refractivity (Wildman–Crippen MR) is 88.3 cm³/mol. The lowest BCUT2D eigenvalue weighted by molar-refractivity contribution is -0.124. The molecule has 126 valence electrons. The topological polar surface area (TPSA) is 67.6 Å². The maximum atomic E-state index is 11.6. The molecule has 0 aromatic rings. The summed E-state index contributed by atoms with van der Waals surface area (Å²) < 4.78 is 5.39. The second-order valence-corrected chi connectivity index (χ2v) is 6.08. The highest BCUT2D eigenvalue weighted by Crippen LogP contribution is 2.15. The molecule has 0 saturated heterocycles. The summed E-state index contributed by atoms with van der Waals surface area (Å²) in [5.41, 5.74) is 4.94. The summed E-state index contributed by atoms with van der Waals surface area (Å²) in [5.74, 6) is -0.264. The molecule has 0 radical (unpaired) electrons. The van der Waals surface area contributed by atoms with Gasteiger partial charge in [-0.25, -0.2) is 0 Å². The molecule has 5 heteroatoms. The number of amides is 1. The Balaban J connectivity index is 4.05. The van der Waals surface area contributed by atoms with Crippen molar-refractivity contribution in [2.45, 2.75) is 65.5 Å². The van der Waals surface area contributed by atoms with Gasteiger partial charge in [0, 0.05) is 19.2 Å². The van der Waals surface area contributed by atoms with E-state index < -0.39 is 5.54 Å². The molecule has 0 aliphatic carbocycles. The first-order chi connectivity index (χ1) is 9.85. The molecule has 3 N–H and O–H groups in total. The normalized spacial score (nSPS) is 14.6. The molecule has 21 heavy (non-hydrogen) atoms. The summed E-state index contributed by atoms with van der Waals surface area (Å²) in [6.45, 7) is 14.8. The smallest absolute Gasteiger partial charge is 0.237 e. The van der Waals surface area contributed by atoms with Crippen LogP contribution in [0.3, 0.4) is 0 Å². The Labute approximate surface area is 130 Å². The van der Waals surface area contributed by atoms with Gasteiger partial charge >= 0.3 is 0 Å². The number of rotatable bonds is 13. The molecule has 5 nitrogen and oxygen atoms in total. The number of nitrogens with zero attached hydrogens (tertiary/aromatic N) is 1. The zero-order valence-corrected chi connectivity index (χ0v) is 14.6. The summed E-state index contributed by atoms with van der Waals surface area (Å²) in [6, 6.07) is 0.251. The molecule has 1 atom stereocenters. The van der Waals surface area contributed by atoms with E-state index in [-0.39, 0.29) is 11.9 Å². The van der Waals surface area contributed by atoms with Crippen LogP contribution in [0.15, 0.2) is 0 Å². The maximum absolute atomic E-state index is 11.6. The molecule has 0 rings (SSSR count). The summed E-state index contributed by atoms with van der Waals surface area (Å²) in [7, 11) is 0. The van der Waals surface area contributed by atoms with E-state index in [4.69, 9.17) is 10.5 Å². The highest BCUT2D eigenvalue weighted by molar-refractivity contribution is 5.84. The number of likely N-dealkylation sites (N-methyl/N-ethyl adjacent to an activating group) is 1. The van der Waals surface area contributed by atoms with Crippen molar-refractivity contribution in [3.05, 3.63) is 0 Å². The Hall–Kier alpha value is -0.650. The second-order valence-electron chi connectivity index (χ2n) is 6.08. The van der Waals surface area contributed by atoms with Crippen molar-refractivity contribution in [1.82, 2.24) is 10.2 Å². The molecule has 0 aliphatic rings. The van der Waals surface area contributed by atoms with E-state index in [9.17, 15) is 4.79 Å². The van der Waals surface area contributed by atoms with Crippen LogP contribution in [0.25, 0.3) is 0 Å². The van der Waals surface area contributed by atoms with E-state index in [0.29, 0.717) is 0 Å². The van der Waals surface area contributed by atoms with Crippen molar-refractivity contribution >= 4 is 5.91 Å². The summed E-state index contributed by atoms with van der Waals surface area (Å²) in [4.78, 5) is 14.0. The highest BCUT2D eigenvalue weighted by atomic mass is 16.5. The number of nitrogens with one attached hydrogen (secondary N) is 1. The molecule has 1 unspecified atom stereocenters. The van der Waals surface area contributed by atoms with Gasteiger partial charge in [-0.05, 0) is 60.0 Å². The molecule has 0 heterocycles. The average molecular weight is 301 g/mol. The van der Waals surface area contributed by atoms with Crippen molar-refractivity contribution in [3.63, 3.8) is 0 Å². The van der Waals surface area contributed by atoms with Gasteiger partial charge in [0.2, 0.25) is 5.91 Å². The maximum Gasteiger partial charge on any atom is 0.237 e. The largest absolute Gasteiger partial charge is 0.380 e. The van der Waals surface area contributed by atoms with Gasteiger partial charge in [-0.2, -0.15) is 0 Å². The minimum Gasteiger partial charge on any atom is -0.380 e. The molecule has 0 spiro atoms. The van der Waals surface area contributed by atoms with E-state index >= 15 is 0 Å². The molecular weight excluding hydrogens is 266 g/mol. The first kappa shape index (κ1) is 20.3. The minimum atomic E-state index is -0.601. The Bertz CT molecular complexity index is 285. The number of hydrogen-bond acceptors (Lipinski definition) is 4. The van der Waals surface area contributed by atoms with Crippen LogP contribution < -0.4 is 11.1 Å². The fourth-order valence-electron chi connectivity index (χ4n) is 2.48. The van der Waals surface area contributed by atoms with Crippen LogP contribution in [0.4, 0.5) is 0 Å². The zero-order chi connectivity index (χ0) is 16.3. The van der Waals surface area contributed by atoms with Gasteiger partial charge in [-0.1, -0.05) is 6.92 Å². The van der Waals surface area contributed by atoms with E-state index in [0.717, 1.165) is 52.1 Å². The van der Waals surface area contributed by atoms with Crippen LogP contribution in [0, 0.1) is 0 Å². The molecule has 0 saturated carbocycles. The number of ether oxygens (including phenoxy) is 1. The van der Waals surface area contributed by atoms with Crippen molar-refractivity contribution in [1.29, 1.82) is 0 Å². The number of hydrogen-bond donors (Lipinski definition) is 2. The van der Waals surface area contributed by atoms with Gasteiger partial charge in [0.1, 0.15) is 0 Å². The van der Waals surface area contributed by atoms with Gasteiger partial charge in [0.05, 0.1) is 12.1 Å². The SMILES string of the molecule is CCOCCN(CC)CCCCC(C)(NC(C)C)C(N)=O. The predicted octanol–water partition coefficient (Wildman–Crippen LogP) is 1.76. The van der Waals surface area contributed by atoms with Crippen LogP contribution >= 0.6 is 0 Å². The number of carbonyl (C=O) groups excluding carboxylic acids is 1. The van der Waals surface area contributed by atoms with Crippen LogP contribution in [-0.2, 0) is 9.53 Å². The number of nitrogens with two attached hydrogens (primary N) is 1. The Morgan fingerprint density at radius 3 is 2.43 bits per heavy atom. The van der Waals surface area contributed by atoms with E-state index in [2.05, 4.69) is 17.1 Å². The highest BCUT2D eigenvalue weighted by Gasteiger charge is 2.30. The van der Waals surface area contributed by atoms with Crippen LogP contribution in [0.1, 0.15) is 53.9 Å². The molecule has 0 fully saturated rings. The van der Waals surface area contributed by atoms with Crippen molar-refractivity contribution in [3.8, 4) is 0 Å². The van der Waals surface area contributed by atoms with Gasteiger partial charge in [0.15, 0.2) is 0 Å². The average Bonchev–Trinajstić information content (AvgIpc) is 2.40. The van der Waals surface area contributed by atoms with Gasteiger partial charge in [-0.3, -0.25) is 4.79 Å². The van der Waals surface area contributed by atoms with E-state index in [1.165, 1.54) is 0 Å². The number of carbonyl (C=O) groups is 1. The van der Waals surface area contributed by atoms with Crippen molar-refractivity contribution < 1.29 is 9.53 Å². The molecule has 0 aliphatic heterocycles. The number of unbranched alkanes of at least 4 members (excludes halogenated alkanes) is 1.